The SMILES string of the molecule is Cc1cc(C)c2[nH+]c3c(c(N)c2c1)CCN3C. The second kappa shape index (κ2) is 3.36. The molecule has 0 aliphatic carbocycles. The number of rotatable bonds is 0. The summed E-state index contributed by atoms with van der Waals surface area (Å²) >= 11 is 0. The third-order valence-electron chi connectivity index (χ3n) is 3.70. The summed E-state index contributed by atoms with van der Waals surface area (Å²) in [6.07, 6.45) is 1.04. The number of nitrogens with two attached hydrogens (primary N) is 1. The number of fused-ring (bicyclic) bond motifs is 2. The van der Waals surface area contributed by atoms with Crippen LogP contribution < -0.4 is 15.6 Å². The van der Waals surface area contributed by atoms with E-state index in [2.05, 4.69) is 42.9 Å². The van der Waals surface area contributed by atoms with Crippen molar-refractivity contribution in [2.24, 2.45) is 0 Å². The minimum atomic E-state index is 0.949. The van der Waals surface area contributed by atoms with Crippen LogP contribution in [0.3, 0.4) is 0 Å². The summed E-state index contributed by atoms with van der Waals surface area (Å²) in [5.74, 6) is 1.18. The van der Waals surface area contributed by atoms with Gasteiger partial charge in [0.25, 0.3) is 5.82 Å². The van der Waals surface area contributed by atoms with Crippen LogP contribution in [0.4, 0.5) is 11.5 Å². The lowest BCUT2D eigenvalue weighted by Crippen LogP contribution is -2.22. The normalized spacial score (nSPS) is 14.4. The molecular formula is C14H18N3+. The Morgan fingerprint density at radius 3 is 2.82 bits per heavy atom. The van der Waals surface area contributed by atoms with Gasteiger partial charge >= 0.3 is 0 Å². The largest absolute Gasteiger partial charge is 0.398 e. The van der Waals surface area contributed by atoms with Gasteiger partial charge in [0.05, 0.1) is 24.8 Å². The molecule has 0 unspecified atom stereocenters. The lowest BCUT2D eigenvalue weighted by molar-refractivity contribution is -0.330. The number of aromatic nitrogens is 1. The predicted octanol–water partition coefficient (Wildman–Crippen LogP) is 1.85. The third-order valence-corrected chi connectivity index (χ3v) is 3.70. The number of nitrogens with one attached hydrogen (secondary N) is 1. The van der Waals surface area contributed by atoms with E-state index >= 15 is 0 Å². The molecule has 88 valence electrons. The summed E-state index contributed by atoms with van der Waals surface area (Å²) in [5, 5.41) is 1.16. The zero-order valence-electron chi connectivity index (χ0n) is 10.6. The summed E-state index contributed by atoms with van der Waals surface area (Å²) in [6, 6.07) is 4.37. The first-order valence-corrected chi connectivity index (χ1v) is 6.03. The van der Waals surface area contributed by atoms with E-state index in [0.717, 1.165) is 24.0 Å². The Labute approximate surface area is 101 Å². The van der Waals surface area contributed by atoms with Crippen LogP contribution in [-0.4, -0.2) is 13.6 Å². The molecule has 3 nitrogen and oxygen atoms in total. The molecule has 0 atom stereocenters. The summed E-state index contributed by atoms with van der Waals surface area (Å²) in [6.45, 7) is 5.29. The molecular weight excluding hydrogens is 210 g/mol. The van der Waals surface area contributed by atoms with E-state index in [1.54, 1.807) is 0 Å². The molecule has 0 saturated carbocycles. The maximum atomic E-state index is 6.32. The highest BCUT2D eigenvalue weighted by atomic mass is 15.2. The maximum Gasteiger partial charge on any atom is 0.280 e. The fourth-order valence-corrected chi connectivity index (χ4v) is 2.80. The fourth-order valence-electron chi connectivity index (χ4n) is 2.80. The molecule has 0 bridgehead atoms. The van der Waals surface area contributed by atoms with Gasteiger partial charge in [-0.1, -0.05) is 6.07 Å². The molecule has 0 fully saturated rings. The van der Waals surface area contributed by atoms with Crippen LogP contribution in [0, 0.1) is 13.8 Å². The van der Waals surface area contributed by atoms with Gasteiger partial charge in [0.1, 0.15) is 5.52 Å². The Kier molecular flexibility index (Phi) is 2.05. The number of aryl methyl sites for hydroxylation is 2. The minimum Gasteiger partial charge on any atom is -0.398 e. The fraction of sp³-hybridized carbons (Fsp3) is 0.357. The number of likely N-dealkylation sites (N-methyl/N-ethyl adjacent to an activating group) is 1. The molecule has 0 saturated heterocycles. The van der Waals surface area contributed by atoms with Crippen molar-refractivity contribution in [3.05, 3.63) is 28.8 Å². The molecule has 3 N–H and O–H groups in total. The maximum absolute atomic E-state index is 6.32. The molecule has 3 heteroatoms. The Bertz CT molecular complexity index is 617. The Balaban J connectivity index is 2.44. The number of nitrogen functional groups attached to an aromatic ring is 1. The van der Waals surface area contributed by atoms with Crippen LogP contribution in [0.15, 0.2) is 12.1 Å². The lowest BCUT2D eigenvalue weighted by Gasteiger charge is -2.09. The first-order chi connectivity index (χ1) is 8.08. The van der Waals surface area contributed by atoms with Crippen LogP contribution in [0.1, 0.15) is 16.7 Å². The highest BCUT2D eigenvalue weighted by molar-refractivity contribution is 5.94. The first-order valence-electron chi connectivity index (χ1n) is 6.03. The molecule has 1 aliphatic heterocycles. The number of hydrogen-bond donors (Lipinski definition) is 1. The van der Waals surface area contributed by atoms with E-state index in [1.165, 1.54) is 28.0 Å². The molecule has 0 radical (unpaired) electrons. The summed E-state index contributed by atoms with van der Waals surface area (Å²) < 4.78 is 0. The number of benzene rings is 1. The summed E-state index contributed by atoms with van der Waals surface area (Å²) in [4.78, 5) is 5.78. The van der Waals surface area contributed by atoms with Gasteiger partial charge in [-0.2, -0.15) is 0 Å². The molecule has 1 aromatic heterocycles. The van der Waals surface area contributed by atoms with Crippen LogP contribution in [0.5, 0.6) is 0 Å². The van der Waals surface area contributed by atoms with Gasteiger partial charge in [0.15, 0.2) is 0 Å². The van der Waals surface area contributed by atoms with Crippen molar-refractivity contribution in [1.29, 1.82) is 0 Å². The zero-order chi connectivity index (χ0) is 12.2. The van der Waals surface area contributed by atoms with E-state index in [-0.39, 0.29) is 0 Å². The van der Waals surface area contributed by atoms with Crippen molar-refractivity contribution in [2.75, 3.05) is 24.2 Å². The molecule has 17 heavy (non-hydrogen) atoms. The third kappa shape index (κ3) is 1.38. The summed E-state index contributed by atoms with van der Waals surface area (Å²) in [5.41, 5.74) is 12.2. The smallest absolute Gasteiger partial charge is 0.280 e. The van der Waals surface area contributed by atoms with Crippen LogP contribution in [0.25, 0.3) is 10.9 Å². The van der Waals surface area contributed by atoms with Crippen LogP contribution in [0.2, 0.25) is 0 Å². The number of hydrogen-bond acceptors (Lipinski definition) is 2. The monoisotopic (exact) mass is 228 g/mol. The van der Waals surface area contributed by atoms with Crippen molar-refractivity contribution >= 4 is 22.4 Å². The van der Waals surface area contributed by atoms with Crippen molar-refractivity contribution in [3.8, 4) is 0 Å². The van der Waals surface area contributed by atoms with Gasteiger partial charge in [0.2, 0.25) is 0 Å². The van der Waals surface area contributed by atoms with Crippen molar-refractivity contribution in [1.82, 2.24) is 0 Å². The average molecular weight is 228 g/mol. The van der Waals surface area contributed by atoms with Crippen molar-refractivity contribution in [3.63, 3.8) is 0 Å². The number of anilines is 2. The van der Waals surface area contributed by atoms with Gasteiger partial charge in [-0.15, -0.1) is 0 Å². The molecule has 0 amide bonds. The second-order valence-electron chi connectivity index (χ2n) is 5.04. The number of nitrogens with zero attached hydrogens (tertiary/aromatic N) is 1. The summed E-state index contributed by atoms with van der Waals surface area (Å²) in [7, 11) is 2.11. The number of pyridine rings is 1. The average Bonchev–Trinajstić information content (AvgIpc) is 2.63. The van der Waals surface area contributed by atoms with Gasteiger partial charge < -0.3 is 5.73 Å². The molecule has 0 spiro atoms. The van der Waals surface area contributed by atoms with Gasteiger partial charge in [-0.05, 0) is 31.0 Å². The van der Waals surface area contributed by atoms with Gasteiger partial charge in [0, 0.05) is 11.8 Å². The molecule has 2 aromatic rings. The highest BCUT2D eigenvalue weighted by Gasteiger charge is 2.28. The van der Waals surface area contributed by atoms with E-state index in [9.17, 15) is 0 Å². The molecule has 1 aromatic carbocycles. The zero-order valence-corrected chi connectivity index (χ0v) is 10.6. The second-order valence-corrected chi connectivity index (χ2v) is 5.04. The van der Waals surface area contributed by atoms with E-state index in [4.69, 9.17) is 5.73 Å². The van der Waals surface area contributed by atoms with Gasteiger partial charge in [-0.3, -0.25) is 4.90 Å². The van der Waals surface area contributed by atoms with E-state index < -0.39 is 0 Å². The number of aromatic amines is 1. The predicted molar refractivity (Wildman–Crippen MR) is 71.4 cm³/mol. The first kappa shape index (κ1) is 10.4. The number of H-pyrrole nitrogens is 1. The molecule has 3 rings (SSSR count). The van der Waals surface area contributed by atoms with E-state index in [1.807, 2.05) is 0 Å². The molecule has 2 heterocycles. The minimum absolute atomic E-state index is 0.949. The van der Waals surface area contributed by atoms with Crippen molar-refractivity contribution < 1.29 is 4.98 Å². The Morgan fingerprint density at radius 2 is 2.06 bits per heavy atom. The standard InChI is InChI=1S/C14H17N3/c1-8-6-9(2)13-11(7-8)12(15)10-4-5-17(3)14(10)16-13/h6-7H,4-5H2,1-3H3,(H2,15,16)/p+1. The van der Waals surface area contributed by atoms with E-state index in [0.29, 0.717) is 0 Å². The topological polar surface area (TPSA) is 43.4 Å². The van der Waals surface area contributed by atoms with Crippen LogP contribution in [-0.2, 0) is 6.42 Å². The molecule has 1 aliphatic rings. The highest BCUT2D eigenvalue weighted by Crippen LogP contribution is 2.33. The quantitative estimate of drug-likeness (QED) is 0.747. The van der Waals surface area contributed by atoms with Gasteiger partial charge in [-0.25, -0.2) is 4.98 Å². The van der Waals surface area contributed by atoms with Crippen LogP contribution >= 0.6 is 0 Å². The Hall–Kier alpha value is -1.77. The lowest BCUT2D eigenvalue weighted by atomic mass is 10.0. The Morgan fingerprint density at radius 1 is 1.29 bits per heavy atom. The van der Waals surface area contributed by atoms with Crippen molar-refractivity contribution in [2.45, 2.75) is 20.3 Å².